The highest BCUT2D eigenvalue weighted by Crippen LogP contribution is 2.21. The van der Waals surface area contributed by atoms with E-state index >= 15 is 0 Å². The van der Waals surface area contributed by atoms with Crippen LogP contribution in [-0.4, -0.2) is 30.1 Å². The number of H-pyrrole nitrogens is 1. The molecule has 0 amide bonds. The molecule has 1 heterocycles. The van der Waals surface area contributed by atoms with Crippen LogP contribution in [0.3, 0.4) is 0 Å². The molecule has 0 radical (unpaired) electrons. The van der Waals surface area contributed by atoms with E-state index in [1.54, 1.807) is 20.8 Å². The number of rotatable bonds is 5. The minimum Gasteiger partial charge on any atom is -0.462 e. The number of nitrogens with one attached hydrogen (secondary N) is 1. The Balaban J connectivity index is 3.20. The minimum absolute atomic E-state index is 0.300. The Labute approximate surface area is 106 Å². The van der Waals surface area contributed by atoms with E-state index in [-0.39, 0.29) is 0 Å². The number of esters is 2. The van der Waals surface area contributed by atoms with Gasteiger partial charge in [0.15, 0.2) is 0 Å². The molecule has 18 heavy (non-hydrogen) atoms. The fourth-order valence-corrected chi connectivity index (χ4v) is 1.89. The quantitative estimate of drug-likeness (QED) is 0.817. The van der Waals surface area contributed by atoms with Crippen molar-refractivity contribution in [1.82, 2.24) is 4.98 Å². The third kappa shape index (κ3) is 2.72. The van der Waals surface area contributed by atoms with Gasteiger partial charge >= 0.3 is 11.9 Å². The lowest BCUT2D eigenvalue weighted by atomic mass is 10.1. The Morgan fingerprint density at radius 3 is 2.11 bits per heavy atom. The average molecular weight is 253 g/mol. The van der Waals surface area contributed by atoms with Crippen LogP contribution < -0.4 is 0 Å². The van der Waals surface area contributed by atoms with Gasteiger partial charge in [0.2, 0.25) is 0 Å². The summed E-state index contributed by atoms with van der Waals surface area (Å²) in [6.07, 6.45) is 0.562. The number of aryl methyl sites for hydroxylation is 1. The number of hydrogen-bond acceptors (Lipinski definition) is 4. The van der Waals surface area contributed by atoms with Gasteiger partial charge in [0.05, 0.1) is 18.8 Å². The number of carbonyl (C=O) groups is 2. The van der Waals surface area contributed by atoms with Crippen LogP contribution in [0.15, 0.2) is 0 Å². The molecule has 0 aliphatic heterocycles. The zero-order chi connectivity index (χ0) is 13.7. The average Bonchev–Trinajstić information content (AvgIpc) is 2.66. The molecule has 100 valence electrons. The van der Waals surface area contributed by atoms with E-state index in [9.17, 15) is 9.59 Å². The molecule has 5 nitrogen and oxygen atoms in total. The first-order chi connectivity index (χ1) is 8.56. The number of ether oxygens (including phenoxy) is 2. The third-order valence-electron chi connectivity index (χ3n) is 2.60. The first-order valence-corrected chi connectivity index (χ1v) is 6.12. The largest absolute Gasteiger partial charge is 0.462 e. The predicted octanol–water partition coefficient (Wildman–Crippen LogP) is 2.24. The van der Waals surface area contributed by atoms with Crippen LogP contribution in [-0.2, 0) is 15.9 Å². The second kappa shape index (κ2) is 6.23. The van der Waals surface area contributed by atoms with Gasteiger partial charge in [-0.05, 0) is 32.8 Å². The molecule has 1 rings (SSSR count). The summed E-state index contributed by atoms with van der Waals surface area (Å²) in [5.74, 6) is -0.841. The van der Waals surface area contributed by atoms with E-state index in [1.165, 1.54) is 0 Å². The van der Waals surface area contributed by atoms with Crippen molar-refractivity contribution in [2.75, 3.05) is 13.2 Å². The molecule has 0 aliphatic carbocycles. The van der Waals surface area contributed by atoms with E-state index in [0.717, 1.165) is 0 Å². The van der Waals surface area contributed by atoms with Crippen molar-refractivity contribution in [3.63, 3.8) is 0 Å². The van der Waals surface area contributed by atoms with Crippen molar-refractivity contribution in [3.05, 3.63) is 22.5 Å². The van der Waals surface area contributed by atoms with Gasteiger partial charge < -0.3 is 14.5 Å². The van der Waals surface area contributed by atoms with Crippen molar-refractivity contribution >= 4 is 11.9 Å². The number of aromatic nitrogens is 1. The Morgan fingerprint density at radius 1 is 1.06 bits per heavy atom. The predicted molar refractivity (Wildman–Crippen MR) is 66.8 cm³/mol. The zero-order valence-electron chi connectivity index (χ0n) is 11.3. The van der Waals surface area contributed by atoms with Gasteiger partial charge in [-0.1, -0.05) is 6.92 Å². The smallest absolute Gasteiger partial charge is 0.355 e. The monoisotopic (exact) mass is 253 g/mol. The molecule has 0 bridgehead atoms. The van der Waals surface area contributed by atoms with E-state index in [0.29, 0.717) is 42.1 Å². The third-order valence-corrected chi connectivity index (χ3v) is 2.60. The lowest BCUT2D eigenvalue weighted by Gasteiger charge is -2.05. The van der Waals surface area contributed by atoms with Gasteiger partial charge in [-0.2, -0.15) is 0 Å². The summed E-state index contributed by atoms with van der Waals surface area (Å²) in [7, 11) is 0. The maximum Gasteiger partial charge on any atom is 0.355 e. The first-order valence-electron chi connectivity index (χ1n) is 6.12. The normalized spacial score (nSPS) is 10.2. The summed E-state index contributed by atoms with van der Waals surface area (Å²) >= 11 is 0. The van der Waals surface area contributed by atoms with Crippen LogP contribution in [0.25, 0.3) is 0 Å². The highest BCUT2D eigenvalue weighted by molar-refractivity contribution is 5.98. The van der Waals surface area contributed by atoms with Crippen molar-refractivity contribution in [2.45, 2.75) is 34.1 Å². The van der Waals surface area contributed by atoms with Crippen LogP contribution in [0.1, 0.15) is 52.9 Å². The topological polar surface area (TPSA) is 68.4 Å². The summed E-state index contributed by atoms with van der Waals surface area (Å²) in [5, 5.41) is 0. The lowest BCUT2D eigenvalue weighted by Crippen LogP contribution is -2.10. The van der Waals surface area contributed by atoms with Crippen LogP contribution in [0.4, 0.5) is 0 Å². The molecule has 1 aromatic heterocycles. The molecular formula is C13H19NO4. The van der Waals surface area contributed by atoms with Gasteiger partial charge in [0.25, 0.3) is 0 Å². The molecule has 0 aliphatic rings. The number of aromatic amines is 1. The van der Waals surface area contributed by atoms with E-state index < -0.39 is 11.9 Å². The summed E-state index contributed by atoms with van der Waals surface area (Å²) < 4.78 is 9.95. The standard InChI is InChI=1S/C13H19NO4/c1-5-9-10(12(15)17-6-2)8(4)14-11(9)13(16)18-7-3/h14H,5-7H2,1-4H3. The summed E-state index contributed by atoms with van der Waals surface area (Å²) in [6, 6.07) is 0. The van der Waals surface area contributed by atoms with Gasteiger partial charge in [0, 0.05) is 5.69 Å². The Bertz CT molecular complexity index is 448. The number of carbonyl (C=O) groups excluding carboxylic acids is 2. The summed E-state index contributed by atoms with van der Waals surface area (Å²) in [6.45, 7) is 7.72. The van der Waals surface area contributed by atoms with Crippen LogP contribution >= 0.6 is 0 Å². The van der Waals surface area contributed by atoms with Crippen molar-refractivity contribution < 1.29 is 19.1 Å². The molecule has 0 saturated carbocycles. The van der Waals surface area contributed by atoms with Crippen molar-refractivity contribution in [2.24, 2.45) is 0 Å². The van der Waals surface area contributed by atoms with Crippen LogP contribution in [0.2, 0.25) is 0 Å². The van der Waals surface area contributed by atoms with Crippen molar-refractivity contribution in [3.8, 4) is 0 Å². The maximum absolute atomic E-state index is 11.8. The SMILES string of the molecule is CCOC(=O)c1[nH]c(C)c(C(=O)OCC)c1CC. The number of hydrogen-bond donors (Lipinski definition) is 1. The second-order valence-corrected chi connectivity index (χ2v) is 3.77. The fourth-order valence-electron chi connectivity index (χ4n) is 1.89. The lowest BCUT2D eigenvalue weighted by molar-refractivity contribution is 0.0518. The van der Waals surface area contributed by atoms with E-state index in [1.807, 2.05) is 6.92 Å². The highest BCUT2D eigenvalue weighted by atomic mass is 16.5. The van der Waals surface area contributed by atoms with Gasteiger partial charge in [-0.15, -0.1) is 0 Å². The highest BCUT2D eigenvalue weighted by Gasteiger charge is 2.24. The minimum atomic E-state index is -0.437. The van der Waals surface area contributed by atoms with E-state index in [4.69, 9.17) is 9.47 Å². The molecule has 0 fully saturated rings. The Hall–Kier alpha value is -1.78. The van der Waals surface area contributed by atoms with E-state index in [2.05, 4.69) is 4.98 Å². The Kier molecular flexibility index (Phi) is 4.95. The zero-order valence-corrected chi connectivity index (χ0v) is 11.3. The summed E-state index contributed by atoms with van der Waals surface area (Å²) in [4.78, 5) is 26.5. The molecule has 5 heteroatoms. The molecule has 0 aromatic carbocycles. The molecule has 0 unspecified atom stereocenters. The molecule has 1 aromatic rings. The van der Waals surface area contributed by atoms with Crippen LogP contribution in [0, 0.1) is 6.92 Å². The van der Waals surface area contributed by atoms with Crippen molar-refractivity contribution in [1.29, 1.82) is 0 Å². The van der Waals surface area contributed by atoms with Crippen LogP contribution in [0.5, 0.6) is 0 Å². The van der Waals surface area contributed by atoms with Gasteiger partial charge in [-0.3, -0.25) is 0 Å². The second-order valence-electron chi connectivity index (χ2n) is 3.77. The fraction of sp³-hybridized carbons (Fsp3) is 0.538. The molecule has 0 atom stereocenters. The molecular weight excluding hydrogens is 234 g/mol. The first kappa shape index (κ1) is 14.3. The van der Waals surface area contributed by atoms with Gasteiger partial charge in [0.1, 0.15) is 5.69 Å². The molecule has 1 N–H and O–H groups in total. The molecule has 0 spiro atoms. The van der Waals surface area contributed by atoms with Gasteiger partial charge in [-0.25, -0.2) is 9.59 Å². The molecule has 0 saturated heterocycles. The summed E-state index contributed by atoms with van der Waals surface area (Å²) in [5.41, 5.74) is 2.08. The Morgan fingerprint density at radius 2 is 1.61 bits per heavy atom. The maximum atomic E-state index is 11.8.